The van der Waals surface area contributed by atoms with Crippen molar-refractivity contribution in [1.29, 1.82) is 0 Å². The fraction of sp³-hybridized carbons (Fsp3) is 0.920. The monoisotopic (exact) mass is 598 g/mol. The first-order valence-corrected chi connectivity index (χ1v) is 18.1. The lowest BCUT2D eigenvalue weighted by Gasteiger charge is -2.28. The van der Waals surface area contributed by atoms with Gasteiger partial charge in [-0.2, -0.15) is 0 Å². The smallest absolute Gasteiger partial charge is 0.449 e. The predicted octanol–water partition coefficient (Wildman–Crippen LogP) is 4.34. The Morgan fingerprint density at radius 1 is 0.564 bits per heavy atom. The van der Waals surface area contributed by atoms with Gasteiger partial charge in [-0.05, 0) is 54.4 Å². The Kier molecular flexibility index (Phi) is 20.8. The van der Waals surface area contributed by atoms with Gasteiger partial charge in [0.15, 0.2) is 0 Å². The molecule has 0 rings (SSSR count). The molecule has 12 nitrogen and oxygen atoms in total. The summed E-state index contributed by atoms with van der Waals surface area (Å²) >= 11 is 0. The first kappa shape index (κ1) is 37.7. The number of alkyl carbamates (subject to hydrolysis) is 2. The number of nitrogens with one attached hydrogen (secondary N) is 2. The quantitative estimate of drug-likeness (QED) is 0.122. The Hall–Kier alpha value is -1.27. The molecule has 0 unspecified atom stereocenters. The van der Waals surface area contributed by atoms with Crippen LogP contribution in [0.2, 0.25) is 12.1 Å². The maximum absolute atomic E-state index is 12.2. The van der Waals surface area contributed by atoms with Crippen LogP contribution in [0.3, 0.4) is 0 Å². The van der Waals surface area contributed by atoms with Crippen LogP contribution >= 0.6 is 0 Å². The predicted molar refractivity (Wildman–Crippen MR) is 153 cm³/mol. The van der Waals surface area contributed by atoms with E-state index < -0.39 is 35.2 Å². The molecule has 2 amide bonds. The van der Waals surface area contributed by atoms with Gasteiger partial charge in [-0.15, -0.1) is 0 Å². The van der Waals surface area contributed by atoms with E-state index in [9.17, 15) is 9.59 Å². The molecule has 0 spiro atoms. The highest BCUT2D eigenvalue weighted by atomic mass is 28.4. The van der Waals surface area contributed by atoms with Crippen LogP contribution in [0.1, 0.15) is 68.2 Å². The molecule has 2 N–H and O–H groups in total. The van der Waals surface area contributed by atoms with Crippen molar-refractivity contribution < 1.29 is 45.6 Å². The second-order valence-corrected chi connectivity index (χ2v) is 14.8. The summed E-state index contributed by atoms with van der Waals surface area (Å²) in [6.07, 6.45) is 0.207. The highest BCUT2D eigenvalue weighted by molar-refractivity contribution is 6.61. The third-order valence-corrected chi connectivity index (χ3v) is 11.5. The lowest BCUT2D eigenvalue weighted by molar-refractivity contribution is 0.0461. The minimum Gasteiger partial charge on any atom is -0.449 e. The van der Waals surface area contributed by atoms with Crippen molar-refractivity contribution in [3.8, 4) is 0 Å². The van der Waals surface area contributed by atoms with Crippen LogP contribution in [0.25, 0.3) is 0 Å². The van der Waals surface area contributed by atoms with E-state index in [-0.39, 0.29) is 13.2 Å². The average molecular weight is 599 g/mol. The third kappa shape index (κ3) is 17.2. The molecule has 0 aromatic rings. The van der Waals surface area contributed by atoms with Crippen LogP contribution in [0.4, 0.5) is 9.59 Å². The van der Waals surface area contributed by atoms with Crippen LogP contribution < -0.4 is 10.6 Å². The molecule has 0 heterocycles. The van der Waals surface area contributed by atoms with Crippen molar-refractivity contribution in [2.45, 2.75) is 80.3 Å². The zero-order chi connectivity index (χ0) is 29.6. The van der Waals surface area contributed by atoms with Gasteiger partial charge in [-0.3, -0.25) is 0 Å². The minimum absolute atomic E-state index is 0.0901. The largest absolute Gasteiger partial charge is 0.500 e. The van der Waals surface area contributed by atoms with Gasteiger partial charge in [-0.1, -0.05) is 13.8 Å². The standard InChI is InChI=1S/C25H54N2O10Si2/c1-9-32-38(33-10-2,34-11-3)19-15-17-26-23(28)30-21-25(7,8)22-31-24(29)27-18-16-20-39(35-12-4,36-13-5)37-14-6/h9-22H2,1-8H3,(H,26,28)(H,27,29). The van der Waals surface area contributed by atoms with Crippen molar-refractivity contribution in [3.63, 3.8) is 0 Å². The van der Waals surface area contributed by atoms with Crippen molar-refractivity contribution in [3.05, 3.63) is 0 Å². The summed E-state index contributed by atoms with van der Waals surface area (Å²) in [6.45, 7) is 19.2. The first-order chi connectivity index (χ1) is 18.6. The number of carbonyl (C=O) groups is 2. The van der Waals surface area contributed by atoms with Gasteiger partial charge in [0.1, 0.15) is 13.2 Å². The minimum atomic E-state index is -2.73. The Morgan fingerprint density at radius 2 is 0.846 bits per heavy atom. The van der Waals surface area contributed by atoms with Gasteiger partial charge in [0.2, 0.25) is 0 Å². The number of hydrogen-bond donors (Lipinski definition) is 2. The molecule has 0 aliphatic rings. The van der Waals surface area contributed by atoms with E-state index in [2.05, 4.69) is 10.6 Å². The second-order valence-electron chi connectivity index (χ2n) is 9.34. The molecule has 0 fully saturated rings. The molecular weight excluding hydrogens is 544 g/mol. The number of amides is 2. The maximum atomic E-state index is 12.2. The summed E-state index contributed by atoms with van der Waals surface area (Å²) in [4.78, 5) is 24.3. The summed E-state index contributed by atoms with van der Waals surface area (Å²) < 4.78 is 45.6. The molecule has 232 valence electrons. The lowest BCUT2D eigenvalue weighted by atomic mass is 9.96. The molecule has 14 heteroatoms. The van der Waals surface area contributed by atoms with Crippen molar-refractivity contribution in [2.24, 2.45) is 5.41 Å². The SMILES string of the molecule is CCO[Si](CCCNC(=O)OCC(C)(C)COC(=O)NCCC[Si](OCC)(OCC)OCC)(OCC)OCC. The fourth-order valence-corrected chi connectivity index (χ4v) is 8.88. The maximum Gasteiger partial charge on any atom is 0.500 e. The topological polar surface area (TPSA) is 132 Å². The number of rotatable bonds is 24. The Balaban J connectivity index is 4.34. The van der Waals surface area contributed by atoms with Gasteiger partial charge >= 0.3 is 29.8 Å². The van der Waals surface area contributed by atoms with E-state index >= 15 is 0 Å². The number of ether oxygens (including phenoxy) is 2. The van der Waals surface area contributed by atoms with Crippen LogP contribution in [0.5, 0.6) is 0 Å². The molecular formula is C25H54N2O10Si2. The van der Waals surface area contributed by atoms with Gasteiger partial charge < -0.3 is 46.7 Å². The lowest BCUT2D eigenvalue weighted by Crippen LogP contribution is -2.46. The molecule has 0 aliphatic carbocycles. The van der Waals surface area contributed by atoms with Crippen molar-refractivity contribution >= 4 is 29.8 Å². The molecule has 0 aromatic heterocycles. The van der Waals surface area contributed by atoms with E-state index in [0.29, 0.717) is 77.7 Å². The molecule has 0 atom stereocenters. The van der Waals surface area contributed by atoms with Crippen LogP contribution in [0, 0.1) is 5.41 Å². The van der Waals surface area contributed by atoms with Gasteiger partial charge in [-0.25, -0.2) is 9.59 Å². The third-order valence-electron chi connectivity index (χ3n) is 5.23. The van der Waals surface area contributed by atoms with Gasteiger partial charge in [0.05, 0.1) is 0 Å². The van der Waals surface area contributed by atoms with Crippen molar-refractivity contribution in [2.75, 3.05) is 65.9 Å². The highest BCUT2D eigenvalue weighted by Crippen LogP contribution is 2.19. The van der Waals surface area contributed by atoms with E-state index in [1.807, 2.05) is 55.4 Å². The number of carbonyl (C=O) groups excluding carboxylic acids is 2. The van der Waals surface area contributed by atoms with Gasteiger partial charge in [0.25, 0.3) is 0 Å². The van der Waals surface area contributed by atoms with Crippen molar-refractivity contribution in [1.82, 2.24) is 10.6 Å². The van der Waals surface area contributed by atoms with E-state index in [4.69, 9.17) is 36.0 Å². The molecule has 0 radical (unpaired) electrons. The van der Waals surface area contributed by atoms with E-state index in [0.717, 1.165) is 0 Å². The Bertz CT molecular complexity index is 572. The van der Waals surface area contributed by atoms with Crippen LogP contribution in [0.15, 0.2) is 0 Å². The highest BCUT2D eigenvalue weighted by Gasteiger charge is 2.40. The Labute approximate surface area is 237 Å². The summed E-state index contributed by atoms with van der Waals surface area (Å²) in [6, 6.07) is 1.20. The van der Waals surface area contributed by atoms with Crippen LogP contribution in [-0.2, 0) is 36.0 Å². The summed E-state index contributed by atoms with van der Waals surface area (Å²) in [5, 5.41) is 5.48. The fourth-order valence-electron chi connectivity index (χ4n) is 3.66. The zero-order valence-corrected chi connectivity index (χ0v) is 27.5. The molecule has 0 aliphatic heterocycles. The Morgan fingerprint density at radius 3 is 1.10 bits per heavy atom. The summed E-state index contributed by atoms with van der Waals surface area (Å²) in [5.74, 6) is 0. The van der Waals surface area contributed by atoms with E-state index in [1.54, 1.807) is 0 Å². The van der Waals surface area contributed by atoms with Gasteiger partial charge in [0, 0.05) is 70.2 Å². The first-order valence-electron chi connectivity index (χ1n) is 14.2. The molecule has 0 saturated carbocycles. The van der Waals surface area contributed by atoms with E-state index in [1.165, 1.54) is 0 Å². The zero-order valence-electron chi connectivity index (χ0n) is 25.5. The normalized spacial score (nSPS) is 12.3. The second kappa shape index (κ2) is 21.5. The molecule has 0 aromatic carbocycles. The number of hydrogen-bond acceptors (Lipinski definition) is 10. The molecule has 0 saturated heterocycles. The molecule has 0 bridgehead atoms. The average Bonchev–Trinajstić information content (AvgIpc) is 2.88. The van der Waals surface area contributed by atoms with Crippen LogP contribution in [-0.4, -0.2) is 95.7 Å². The summed E-state index contributed by atoms with van der Waals surface area (Å²) in [5.41, 5.74) is -0.559. The summed E-state index contributed by atoms with van der Waals surface area (Å²) in [7, 11) is -5.47. The molecule has 39 heavy (non-hydrogen) atoms.